The molecule has 128 valence electrons. The molecule has 1 aliphatic carbocycles. The first-order chi connectivity index (χ1) is 11.6. The predicted molar refractivity (Wildman–Crippen MR) is 95.3 cm³/mol. The summed E-state index contributed by atoms with van der Waals surface area (Å²) >= 11 is 1.49. The van der Waals surface area contributed by atoms with Crippen molar-refractivity contribution in [3.63, 3.8) is 0 Å². The fourth-order valence-electron chi connectivity index (χ4n) is 3.32. The number of ketones is 1. The molecule has 0 unspecified atom stereocenters. The second-order valence-electron chi connectivity index (χ2n) is 6.45. The Labute approximate surface area is 146 Å². The molecular formula is C19H23FN2OS. The number of aromatic nitrogens is 2. The highest BCUT2D eigenvalue weighted by Crippen LogP contribution is 2.34. The molecule has 1 aromatic carbocycles. The number of carbonyl (C=O) groups is 1. The van der Waals surface area contributed by atoms with E-state index in [0.717, 1.165) is 10.9 Å². The standard InChI is InChI=1S/C19H23FN2OS/c1-13-14(2)22(17-6-4-3-5-7-17)19(21-13)24-12-18(23)15-8-10-16(20)11-9-15/h8-11,17H,3-7,12H2,1-2H3. The number of Topliss-reactive ketones (excluding diaryl/α,β-unsaturated/α-hetero) is 1. The average molecular weight is 346 g/mol. The lowest BCUT2D eigenvalue weighted by atomic mass is 9.95. The maximum atomic E-state index is 13.0. The fraction of sp³-hybridized carbons (Fsp3) is 0.474. The van der Waals surface area contributed by atoms with Crippen molar-refractivity contribution in [3.8, 4) is 0 Å². The van der Waals surface area contributed by atoms with E-state index in [-0.39, 0.29) is 11.6 Å². The highest BCUT2D eigenvalue weighted by atomic mass is 32.2. The summed E-state index contributed by atoms with van der Waals surface area (Å²) in [5.41, 5.74) is 2.80. The van der Waals surface area contributed by atoms with E-state index in [1.807, 2.05) is 6.92 Å². The van der Waals surface area contributed by atoms with Gasteiger partial charge in [-0.05, 0) is 51.0 Å². The molecule has 24 heavy (non-hydrogen) atoms. The molecule has 0 bridgehead atoms. The third-order valence-corrected chi connectivity index (χ3v) is 5.75. The Morgan fingerprint density at radius 1 is 1.21 bits per heavy atom. The molecule has 1 fully saturated rings. The Bertz CT molecular complexity index is 718. The van der Waals surface area contributed by atoms with E-state index in [9.17, 15) is 9.18 Å². The van der Waals surface area contributed by atoms with Gasteiger partial charge < -0.3 is 4.57 Å². The van der Waals surface area contributed by atoms with E-state index in [1.165, 1.54) is 61.7 Å². The molecule has 1 heterocycles. The van der Waals surface area contributed by atoms with Crippen LogP contribution in [0.3, 0.4) is 0 Å². The first-order valence-corrected chi connectivity index (χ1v) is 9.52. The van der Waals surface area contributed by atoms with Gasteiger partial charge in [0.25, 0.3) is 0 Å². The highest BCUT2D eigenvalue weighted by molar-refractivity contribution is 7.99. The number of carbonyl (C=O) groups excluding carboxylic acids is 1. The number of nitrogens with zero attached hydrogens (tertiary/aromatic N) is 2. The summed E-state index contributed by atoms with van der Waals surface area (Å²) < 4.78 is 15.3. The molecule has 1 aliphatic rings. The van der Waals surface area contributed by atoms with Gasteiger partial charge in [0.15, 0.2) is 10.9 Å². The Balaban J connectivity index is 1.74. The Morgan fingerprint density at radius 2 is 1.88 bits per heavy atom. The quantitative estimate of drug-likeness (QED) is 0.557. The van der Waals surface area contributed by atoms with Gasteiger partial charge in [0.1, 0.15) is 5.82 Å². The molecule has 0 N–H and O–H groups in total. The summed E-state index contributed by atoms with van der Waals surface area (Å²) in [4.78, 5) is 17.0. The summed E-state index contributed by atoms with van der Waals surface area (Å²) in [5, 5.41) is 0.937. The second-order valence-corrected chi connectivity index (χ2v) is 7.39. The summed E-state index contributed by atoms with van der Waals surface area (Å²) in [7, 11) is 0. The molecule has 0 amide bonds. The maximum Gasteiger partial charge on any atom is 0.173 e. The van der Waals surface area contributed by atoms with Crippen LogP contribution in [0.5, 0.6) is 0 Å². The molecule has 0 radical (unpaired) electrons. The minimum atomic E-state index is -0.321. The molecule has 1 saturated carbocycles. The fourth-order valence-corrected chi connectivity index (χ4v) is 4.37. The normalized spacial score (nSPS) is 15.6. The molecule has 5 heteroatoms. The second kappa shape index (κ2) is 7.51. The zero-order valence-corrected chi connectivity index (χ0v) is 15.0. The summed E-state index contributed by atoms with van der Waals surface area (Å²) in [6.07, 6.45) is 6.22. The number of benzene rings is 1. The van der Waals surface area contributed by atoms with Crippen molar-refractivity contribution in [1.82, 2.24) is 9.55 Å². The van der Waals surface area contributed by atoms with Gasteiger partial charge in [-0.1, -0.05) is 31.0 Å². The summed E-state index contributed by atoms with van der Waals surface area (Å²) in [5.74, 6) is 0.0145. The first-order valence-electron chi connectivity index (χ1n) is 8.53. The number of thioether (sulfide) groups is 1. The third-order valence-electron chi connectivity index (χ3n) is 4.79. The van der Waals surface area contributed by atoms with Crippen molar-refractivity contribution in [2.45, 2.75) is 57.1 Å². The number of rotatable bonds is 5. The van der Waals surface area contributed by atoms with Gasteiger partial charge in [0.2, 0.25) is 0 Å². The zero-order valence-electron chi connectivity index (χ0n) is 14.2. The van der Waals surface area contributed by atoms with E-state index >= 15 is 0 Å². The molecule has 3 nitrogen and oxygen atoms in total. The predicted octanol–water partition coefficient (Wildman–Crippen LogP) is 5.12. The van der Waals surface area contributed by atoms with Gasteiger partial charge in [-0.15, -0.1) is 0 Å². The average Bonchev–Trinajstić information content (AvgIpc) is 2.88. The van der Waals surface area contributed by atoms with E-state index in [1.54, 1.807) is 12.1 Å². The van der Waals surface area contributed by atoms with Crippen LogP contribution in [0, 0.1) is 19.7 Å². The minimum absolute atomic E-state index is 0.00787. The van der Waals surface area contributed by atoms with E-state index in [0.29, 0.717) is 17.4 Å². The van der Waals surface area contributed by atoms with Crippen molar-refractivity contribution in [1.29, 1.82) is 0 Å². The largest absolute Gasteiger partial charge is 0.320 e. The van der Waals surface area contributed by atoms with Crippen LogP contribution in [0.4, 0.5) is 4.39 Å². The number of aryl methyl sites for hydroxylation is 1. The monoisotopic (exact) mass is 346 g/mol. The van der Waals surface area contributed by atoms with Crippen LogP contribution < -0.4 is 0 Å². The van der Waals surface area contributed by atoms with Crippen LogP contribution in [-0.4, -0.2) is 21.1 Å². The molecular weight excluding hydrogens is 323 g/mol. The maximum absolute atomic E-state index is 13.0. The Morgan fingerprint density at radius 3 is 2.54 bits per heavy atom. The van der Waals surface area contributed by atoms with Gasteiger partial charge in [0, 0.05) is 17.3 Å². The number of imidazole rings is 1. The number of halogens is 1. The topological polar surface area (TPSA) is 34.9 Å². The van der Waals surface area contributed by atoms with Gasteiger partial charge in [-0.3, -0.25) is 4.79 Å². The SMILES string of the molecule is Cc1nc(SCC(=O)c2ccc(F)cc2)n(C2CCCCC2)c1C. The summed E-state index contributed by atoms with van der Waals surface area (Å²) in [6, 6.07) is 6.25. The van der Waals surface area contributed by atoms with Crippen LogP contribution in [0.25, 0.3) is 0 Å². The van der Waals surface area contributed by atoms with Crippen molar-refractivity contribution >= 4 is 17.5 Å². The van der Waals surface area contributed by atoms with Crippen molar-refractivity contribution in [2.75, 3.05) is 5.75 Å². The number of hydrogen-bond donors (Lipinski definition) is 0. The molecule has 0 aliphatic heterocycles. The van der Waals surface area contributed by atoms with E-state index < -0.39 is 0 Å². The lowest BCUT2D eigenvalue weighted by Gasteiger charge is -2.26. The van der Waals surface area contributed by atoms with Gasteiger partial charge in [0.05, 0.1) is 11.4 Å². The highest BCUT2D eigenvalue weighted by Gasteiger charge is 2.22. The molecule has 1 aromatic heterocycles. The molecule has 3 rings (SSSR count). The van der Waals surface area contributed by atoms with Crippen LogP contribution in [-0.2, 0) is 0 Å². The lowest BCUT2D eigenvalue weighted by Crippen LogP contribution is -2.15. The zero-order chi connectivity index (χ0) is 17.1. The molecule has 0 atom stereocenters. The van der Waals surface area contributed by atoms with Crippen LogP contribution >= 0.6 is 11.8 Å². The first kappa shape index (κ1) is 17.2. The summed E-state index contributed by atoms with van der Waals surface area (Å²) in [6.45, 7) is 4.14. The van der Waals surface area contributed by atoms with Gasteiger partial charge in [-0.2, -0.15) is 0 Å². The molecule has 2 aromatic rings. The van der Waals surface area contributed by atoms with Gasteiger partial charge in [-0.25, -0.2) is 9.37 Å². The molecule has 0 spiro atoms. The van der Waals surface area contributed by atoms with E-state index in [4.69, 9.17) is 0 Å². The van der Waals surface area contributed by atoms with Gasteiger partial charge >= 0.3 is 0 Å². The van der Waals surface area contributed by atoms with Crippen molar-refractivity contribution in [3.05, 3.63) is 47.0 Å². The van der Waals surface area contributed by atoms with Crippen molar-refractivity contribution < 1.29 is 9.18 Å². The Kier molecular flexibility index (Phi) is 5.39. The van der Waals surface area contributed by atoms with Crippen LogP contribution in [0.15, 0.2) is 29.4 Å². The lowest BCUT2D eigenvalue weighted by molar-refractivity contribution is 0.102. The third kappa shape index (κ3) is 3.72. The van der Waals surface area contributed by atoms with Crippen molar-refractivity contribution in [2.24, 2.45) is 0 Å². The van der Waals surface area contributed by atoms with Crippen LogP contribution in [0.2, 0.25) is 0 Å². The minimum Gasteiger partial charge on any atom is -0.320 e. The van der Waals surface area contributed by atoms with Crippen LogP contribution in [0.1, 0.15) is 59.9 Å². The smallest absolute Gasteiger partial charge is 0.173 e. The Hall–Kier alpha value is -1.62. The number of hydrogen-bond acceptors (Lipinski definition) is 3. The van der Waals surface area contributed by atoms with E-state index in [2.05, 4.69) is 16.5 Å². The molecule has 0 saturated heterocycles.